The van der Waals surface area contributed by atoms with Crippen molar-refractivity contribution in [1.82, 2.24) is 4.90 Å². The highest BCUT2D eigenvalue weighted by molar-refractivity contribution is 6.27. The Morgan fingerprint density at radius 2 is 1.65 bits per heavy atom. The fourth-order valence-electron chi connectivity index (χ4n) is 2.19. The molecule has 1 heterocycles. The Hall–Kier alpha value is -2.41. The average Bonchev–Trinajstić information content (AvgIpc) is 3.01. The van der Waals surface area contributed by atoms with E-state index in [0.29, 0.717) is 6.42 Å². The van der Waals surface area contributed by atoms with E-state index in [9.17, 15) is 4.79 Å². The molecule has 0 unspecified atom stereocenters. The van der Waals surface area contributed by atoms with Crippen molar-refractivity contribution in [2.75, 3.05) is 25.0 Å². The van der Waals surface area contributed by atoms with Gasteiger partial charge in [-0.15, -0.1) is 0 Å². The van der Waals surface area contributed by atoms with Gasteiger partial charge in [-0.05, 0) is 44.5 Å². The molecule has 0 spiro atoms. The van der Waals surface area contributed by atoms with E-state index >= 15 is 0 Å². The predicted octanol–water partition coefficient (Wildman–Crippen LogP) is 1.58. The Morgan fingerprint density at radius 1 is 1.09 bits per heavy atom. The Kier molecular flexibility index (Phi) is 7.76. The molecule has 1 amide bonds. The van der Waals surface area contributed by atoms with E-state index in [0.717, 1.165) is 30.9 Å². The minimum absolute atomic E-state index is 0.117. The van der Waals surface area contributed by atoms with Crippen LogP contribution in [0.3, 0.4) is 0 Å². The van der Waals surface area contributed by atoms with E-state index in [2.05, 4.69) is 10.2 Å². The van der Waals surface area contributed by atoms with Gasteiger partial charge in [-0.1, -0.05) is 18.2 Å². The molecule has 1 aliphatic rings. The second kappa shape index (κ2) is 9.58. The molecule has 2 rings (SSSR count). The number of hydrogen-bond acceptors (Lipinski definition) is 4. The zero-order valence-electron chi connectivity index (χ0n) is 13.1. The van der Waals surface area contributed by atoms with Gasteiger partial charge in [0.1, 0.15) is 0 Å². The third-order valence-corrected chi connectivity index (χ3v) is 3.46. The van der Waals surface area contributed by atoms with Gasteiger partial charge in [-0.3, -0.25) is 4.79 Å². The van der Waals surface area contributed by atoms with Crippen LogP contribution in [0, 0.1) is 6.92 Å². The van der Waals surface area contributed by atoms with Crippen molar-refractivity contribution in [3.8, 4) is 0 Å². The molecule has 1 aliphatic heterocycles. The average molecular weight is 322 g/mol. The van der Waals surface area contributed by atoms with Crippen molar-refractivity contribution in [2.24, 2.45) is 0 Å². The maximum absolute atomic E-state index is 11.8. The van der Waals surface area contributed by atoms with Gasteiger partial charge in [-0.25, -0.2) is 9.59 Å². The SMILES string of the molecule is Cc1ccccc1NC(=O)CCN1CCCC1.O=C(O)C(=O)O. The number of aryl methyl sites for hydroxylation is 1. The molecule has 1 fully saturated rings. The first-order valence-corrected chi connectivity index (χ1v) is 7.44. The molecule has 0 radical (unpaired) electrons. The lowest BCUT2D eigenvalue weighted by molar-refractivity contribution is -0.159. The van der Waals surface area contributed by atoms with Gasteiger partial charge in [0.2, 0.25) is 5.91 Å². The quantitative estimate of drug-likeness (QED) is 0.727. The lowest BCUT2D eigenvalue weighted by atomic mass is 10.2. The van der Waals surface area contributed by atoms with Gasteiger partial charge in [0, 0.05) is 18.7 Å². The number of rotatable bonds is 4. The number of nitrogens with zero attached hydrogens (tertiary/aromatic N) is 1. The molecule has 0 atom stereocenters. The first-order chi connectivity index (χ1) is 10.9. The number of benzene rings is 1. The smallest absolute Gasteiger partial charge is 0.414 e. The summed E-state index contributed by atoms with van der Waals surface area (Å²) in [5.74, 6) is -3.53. The van der Waals surface area contributed by atoms with E-state index in [-0.39, 0.29) is 5.91 Å². The molecule has 3 N–H and O–H groups in total. The summed E-state index contributed by atoms with van der Waals surface area (Å²) in [4.78, 5) is 32.3. The zero-order chi connectivity index (χ0) is 17.2. The molecule has 1 saturated heterocycles. The molecule has 0 saturated carbocycles. The van der Waals surface area contributed by atoms with Gasteiger partial charge in [0.25, 0.3) is 0 Å². The molecular weight excluding hydrogens is 300 g/mol. The summed E-state index contributed by atoms with van der Waals surface area (Å²) in [6.07, 6.45) is 3.15. The van der Waals surface area contributed by atoms with Gasteiger partial charge >= 0.3 is 11.9 Å². The number of likely N-dealkylation sites (tertiary alicyclic amines) is 1. The first-order valence-electron chi connectivity index (χ1n) is 7.44. The van der Waals surface area contributed by atoms with Crippen molar-refractivity contribution in [2.45, 2.75) is 26.2 Å². The van der Waals surface area contributed by atoms with Crippen LogP contribution >= 0.6 is 0 Å². The highest BCUT2D eigenvalue weighted by atomic mass is 16.4. The van der Waals surface area contributed by atoms with E-state index in [4.69, 9.17) is 19.8 Å². The molecular formula is C16H22N2O5. The number of para-hydroxylation sites is 1. The monoisotopic (exact) mass is 322 g/mol. The summed E-state index contributed by atoms with van der Waals surface area (Å²) in [7, 11) is 0. The van der Waals surface area contributed by atoms with Crippen LogP contribution in [0.4, 0.5) is 5.69 Å². The van der Waals surface area contributed by atoms with Crippen LogP contribution in [0.15, 0.2) is 24.3 Å². The van der Waals surface area contributed by atoms with Gasteiger partial charge in [0.15, 0.2) is 0 Å². The number of carbonyl (C=O) groups excluding carboxylic acids is 1. The Bertz CT molecular complexity index is 541. The Balaban J connectivity index is 0.000000379. The number of aliphatic carboxylic acids is 2. The fourth-order valence-corrected chi connectivity index (χ4v) is 2.19. The number of amides is 1. The van der Waals surface area contributed by atoms with Gasteiger partial charge in [-0.2, -0.15) is 0 Å². The maximum atomic E-state index is 11.8. The van der Waals surface area contributed by atoms with Crippen LogP contribution in [0.2, 0.25) is 0 Å². The van der Waals surface area contributed by atoms with Crippen LogP contribution < -0.4 is 5.32 Å². The van der Waals surface area contributed by atoms with Gasteiger partial charge < -0.3 is 20.4 Å². The van der Waals surface area contributed by atoms with Crippen molar-refractivity contribution in [3.63, 3.8) is 0 Å². The minimum atomic E-state index is -1.82. The second-order valence-electron chi connectivity index (χ2n) is 5.27. The molecule has 7 nitrogen and oxygen atoms in total. The number of hydrogen-bond donors (Lipinski definition) is 3. The Morgan fingerprint density at radius 3 is 2.17 bits per heavy atom. The molecule has 1 aromatic carbocycles. The van der Waals surface area contributed by atoms with Crippen LogP contribution in [0.25, 0.3) is 0 Å². The summed E-state index contributed by atoms with van der Waals surface area (Å²) in [5, 5.41) is 17.8. The molecule has 0 bridgehead atoms. The molecule has 0 aromatic heterocycles. The summed E-state index contributed by atoms with van der Waals surface area (Å²) < 4.78 is 0. The molecule has 0 aliphatic carbocycles. The van der Waals surface area contributed by atoms with E-state index < -0.39 is 11.9 Å². The lowest BCUT2D eigenvalue weighted by Crippen LogP contribution is -2.25. The molecule has 23 heavy (non-hydrogen) atoms. The first kappa shape index (κ1) is 18.6. The second-order valence-corrected chi connectivity index (χ2v) is 5.27. The molecule has 126 valence electrons. The van der Waals surface area contributed by atoms with Crippen molar-refractivity contribution < 1.29 is 24.6 Å². The van der Waals surface area contributed by atoms with Crippen LogP contribution in [0.5, 0.6) is 0 Å². The largest absolute Gasteiger partial charge is 0.473 e. The lowest BCUT2D eigenvalue weighted by Gasteiger charge is -2.14. The van der Waals surface area contributed by atoms with Crippen molar-refractivity contribution >= 4 is 23.5 Å². The van der Waals surface area contributed by atoms with E-state index in [1.54, 1.807) is 0 Å². The van der Waals surface area contributed by atoms with Crippen LogP contribution in [-0.4, -0.2) is 52.6 Å². The van der Waals surface area contributed by atoms with Crippen LogP contribution in [0.1, 0.15) is 24.8 Å². The third-order valence-electron chi connectivity index (χ3n) is 3.46. The predicted molar refractivity (Wildman–Crippen MR) is 85.4 cm³/mol. The van der Waals surface area contributed by atoms with Crippen molar-refractivity contribution in [1.29, 1.82) is 0 Å². The Labute approximate surface area is 134 Å². The molecule has 1 aromatic rings. The molecule has 7 heteroatoms. The number of nitrogens with one attached hydrogen (secondary N) is 1. The standard InChI is InChI=1S/C14H20N2O.C2H2O4/c1-12-6-2-3-7-13(12)15-14(17)8-11-16-9-4-5-10-16;3-1(4)2(5)6/h2-3,6-7H,4-5,8-11H2,1H3,(H,15,17);(H,3,4)(H,5,6). The number of carboxylic acids is 2. The fraction of sp³-hybridized carbons (Fsp3) is 0.438. The van der Waals surface area contributed by atoms with E-state index in [1.165, 1.54) is 12.8 Å². The van der Waals surface area contributed by atoms with E-state index in [1.807, 2.05) is 31.2 Å². The summed E-state index contributed by atoms with van der Waals surface area (Å²) in [6, 6.07) is 7.89. The highest BCUT2D eigenvalue weighted by Gasteiger charge is 2.13. The normalized spacial score (nSPS) is 13.8. The third kappa shape index (κ3) is 7.42. The topological polar surface area (TPSA) is 107 Å². The number of anilines is 1. The summed E-state index contributed by atoms with van der Waals surface area (Å²) in [6.45, 7) is 5.20. The maximum Gasteiger partial charge on any atom is 0.414 e. The summed E-state index contributed by atoms with van der Waals surface area (Å²) >= 11 is 0. The summed E-state index contributed by atoms with van der Waals surface area (Å²) in [5.41, 5.74) is 2.04. The highest BCUT2D eigenvalue weighted by Crippen LogP contribution is 2.14. The van der Waals surface area contributed by atoms with Crippen molar-refractivity contribution in [3.05, 3.63) is 29.8 Å². The number of carbonyl (C=O) groups is 3. The van der Waals surface area contributed by atoms with Crippen LogP contribution in [-0.2, 0) is 14.4 Å². The minimum Gasteiger partial charge on any atom is -0.473 e. The van der Waals surface area contributed by atoms with Gasteiger partial charge in [0.05, 0.1) is 0 Å². The number of carboxylic acid groups (broad SMARTS) is 2. The zero-order valence-corrected chi connectivity index (χ0v) is 13.1.